The molecule has 0 aliphatic carbocycles. The van der Waals surface area contributed by atoms with Gasteiger partial charge < -0.3 is 4.74 Å². The smallest absolute Gasteiger partial charge is 0.0474 e. The van der Waals surface area contributed by atoms with Gasteiger partial charge in [0.2, 0.25) is 0 Å². The first-order valence-corrected chi connectivity index (χ1v) is 6.59. The zero-order valence-corrected chi connectivity index (χ0v) is 10.9. The minimum Gasteiger partial charge on any atom is -0.382 e. The van der Waals surface area contributed by atoms with Crippen molar-refractivity contribution in [1.29, 1.82) is 0 Å². The molecule has 0 aliphatic rings. The van der Waals surface area contributed by atoms with Crippen LogP contribution in [0.25, 0.3) is 0 Å². The minimum atomic E-state index is 0.430. The average Bonchev–Trinajstić information content (AvgIpc) is 2.46. The molecule has 94 valence electrons. The highest BCUT2D eigenvalue weighted by atomic mass is 16.5. The van der Waals surface area contributed by atoms with Crippen LogP contribution in [0.1, 0.15) is 30.4 Å². The first kappa shape index (κ1) is 12.8. The number of hydrogen-bond acceptors (Lipinski definition) is 1. The van der Waals surface area contributed by atoms with Crippen LogP contribution in [0.5, 0.6) is 0 Å². The van der Waals surface area contributed by atoms with Crippen molar-refractivity contribution in [3.63, 3.8) is 0 Å². The molecule has 0 saturated heterocycles. The summed E-state index contributed by atoms with van der Waals surface area (Å²) in [6, 6.07) is 21.3. The molecule has 0 radical (unpaired) electrons. The third-order valence-corrected chi connectivity index (χ3v) is 3.16. The van der Waals surface area contributed by atoms with Crippen molar-refractivity contribution < 1.29 is 4.74 Å². The van der Waals surface area contributed by atoms with E-state index in [-0.39, 0.29) is 0 Å². The molecule has 0 bridgehead atoms. The van der Waals surface area contributed by atoms with Crippen molar-refractivity contribution in [1.82, 2.24) is 0 Å². The van der Waals surface area contributed by atoms with Gasteiger partial charge in [-0.15, -0.1) is 0 Å². The van der Waals surface area contributed by atoms with Crippen LogP contribution < -0.4 is 0 Å². The van der Waals surface area contributed by atoms with Gasteiger partial charge in [0.25, 0.3) is 0 Å². The zero-order chi connectivity index (χ0) is 12.6. The van der Waals surface area contributed by atoms with Gasteiger partial charge in [0.15, 0.2) is 0 Å². The maximum absolute atomic E-state index is 5.51. The Balaban J connectivity index is 2.18. The summed E-state index contributed by atoms with van der Waals surface area (Å²) in [7, 11) is 0. The van der Waals surface area contributed by atoms with Gasteiger partial charge in [-0.25, -0.2) is 0 Å². The van der Waals surface area contributed by atoms with Crippen LogP contribution in [0.2, 0.25) is 0 Å². The summed E-state index contributed by atoms with van der Waals surface area (Å²) in [6.45, 7) is 3.64. The van der Waals surface area contributed by atoms with Crippen LogP contribution in [-0.2, 0) is 4.74 Å². The van der Waals surface area contributed by atoms with Crippen LogP contribution in [-0.4, -0.2) is 13.2 Å². The van der Waals surface area contributed by atoms with Gasteiger partial charge in [-0.1, -0.05) is 60.7 Å². The summed E-state index contributed by atoms with van der Waals surface area (Å²) in [5, 5.41) is 0. The molecule has 0 spiro atoms. The van der Waals surface area contributed by atoms with Crippen molar-refractivity contribution >= 4 is 0 Å². The Morgan fingerprint density at radius 1 is 0.833 bits per heavy atom. The van der Waals surface area contributed by atoms with Crippen LogP contribution in [0.15, 0.2) is 60.7 Å². The number of hydrogen-bond donors (Lipinski definition) is 0. The SMILES string of the molecule is CCOCCC(c1ccccc1)c1ccccc1. The summed E-state index contributed by atoms with van der Waals surface area (Å²) in [4.78, 5) is 0. The van der Waals surface area contributed by atoms with E-state index < -0.39 is 0 Å². The quantitative estimate of drug-likeness (QED) is 0.686. The molecule has 0 heterocycles. The molecule has 2 rings (SSSR count). The molecule has 0 amide bonds. The van der Waals surface area contributed by atoms with Gasteiger partial charge in [0.1, 0.15) is 0 Å². The molecule has 0 N–H and O–H groups in total. The molecule has 1 heteroatoms. The van der Waals surface area contributed by atoms with Crippen LogP contribution >= 0.6 is 0 Å². The molecule has 0 aliphatic heterocycles. The standard InChI is InChI=1S/C17H20O/c1-2-18-14-13-17(15-9-5-3-6-10-15)16-11-7-4-8-12-16/h3-12,17H,2,13-14H2,1H3. The number of rotatable bonds is 6. The van der Waals surface area contributed by atoms with Crippen molar-refractivity contribution in [2.75, 3.05) is 13.2 Å². The lowest BCUT2D eigenvalue weighted by atomic mass is 9.89. The number of benzene rings is 2. The van der Waals surface area contributed by atoms with Gasteiger partial charge in [0, 0.05) is 19.1 Å². The summed E-state index contributed by atoms with van der Waals surface area (Å²) in [5.41, 5.74) is 2.73. The second-order valence-corrected chi connectivity index (χ2v) is 4.36. The van der Waals surface area contributed by atoms with E-state index in [1.165, 1.54) is 11.1 Å². The fourth-order valence-electron chi connectivity index (χ4n) is 2.24. The van der Waals surface area contributed by atoms with Gasteiger partial charge in [-0.05, 0) is 24.5 Å². The lowest BCUT2D eigenvalue weighted by Crippen LogP contribution is -2.05. The van der Waals surface area contributed by atoms with Crippen LogP contribution in [0.3, 0.4) is 0 Å². The molecule has 18 heavy (non-hydrogen) atoms. The van der Waals surface area contributed by atoms with E-state index in [2.05, 4.69) is 60.7 Å². The zero-order valence-electron chi connectivity index (χ0n) is 10.9. The van der Waals surface area contributed by atoms with Crippen molar-refractivity contribution in [2.45, 2.75) is 19.3 Å². The molecule has 0 aromatic heterocycles. The topological polar surface area (TPSA) is 9.23 Å². The summed E-state index contributed by atoms with van der Waals surface area (Å²) in [5.74, 6) is 0.430. The lowest BCUT2D eigenvalue weighted by molar-refractivity contribution is 0.142. The van der Waals surface area contributed by atoms with E-state index in [1.807, 2.05) is 6.92 Å². The molecule has 0 atom stereocenters. The van der Waals surface area contributed by atoms with E-state index in [4.69, 9.17) is 4.74 Å². The molecule has 1 nitrogen and oxygen atoms in total. The Hall–Kier alpha value is -1.60. The minimum absolute atomic E-state index is 0.430. The van der Waals surface area contributed by atoms with Gasteiger partial charge in [-0.2, -0.15) is 0 Å². The van der Waals surface area contributed by atoms with Gasteiger partial charge >= 0.3 is 0 Å². The van der Waals surface area contributed by atoms with E-state index in [1.54, 1.807) is 0 Å². The van der Waals surface area contributed by atoms with Gasteiger partial charge in [-0.3, -0.25) is 0 Å². The molecular formula is C17H20O. The lowest BCUT2D eigenvalue weighted by Gasteiger charge is -2.17. The normalized spacial score (nSPS) is 10.8. The molecule has 0 saturated carbocycles. The Kier molecular flexibility index (Phi) is 4.98. The third kappa shape index (κ3) is 3.44. The summed E-state index contributed by atoms with van der Waals surface area (Å²) >= 11 is 0. The largest absolute Gasteiger partial charge is 0.382 e. The van der Waals surface area contributed by atoms with Crippen molar-refractivity contribution in [2.24, 2.45) is 0 Å². The molecule has 2 aromatic carbocycles. The van der Waals surface area contributed by atoms with E-state index in [0.29, 0.717) is 5.92 Å². The summed E-state index contributed by atoms with van der Waals surface area (Å²) in [6.07, 6.45) is 1.03. The number of ether oxygens (including phenoxy) is 1. The van der Waals surface area contributed by atoms with Gasteiger partial charge in [0.05, 0.1) is 0 Å². The fraction of sp³-hybridized carbons (Fsp3) is 0.294. The molecular weight excluding hydrogens is 220 g/mol. The predicted octanol–water partition coefficient (Wildman–Crippen LogP) is 4.25. The molecule has 2 aromatic rings. The van der Waals surface area contributed by atoms with Crippen molar-refractivity contribution in [3.05, 3.63) is 71.8 Å². The highest BCUT2D eigenvalue weighted by molar-refractivity contribution is 5.32. The van der Waals surface area contributed by atoms with E-state index in [0.717, 1.165) is 19.6 Å². The maximum atomic E-state index is 5.51. The fourth-order valence-corrected chi connectivity index (χ4v) is 2.24. The van der Waals surface area contributed by atoms with E-state index >= 15 is 0 Å². The highest BCUT2D eigenvalue weighted by Crippen LogP contribution is 2.27. The first-order valence-electron chi connectivity index (χ1n) is 6.59. The maximum Gasteiger partial charge on any atom is 0.0474 e. The molecule has 0 fully saturated rings. The highest BCUT2D eigenvalue weighted by Gasteiger charge is 2.13. The average molecular weight is 240 g/mol. The third-order valence-electron chi connectivity index (χ3n) is 3.16. The Morgan fingerprint density at radius 3 is 1.78 bits per heavy atom. The monoisotopic (exact) mass is 240 g/mol. The van der Waals surface area contributed by atoms with Crippen LogP contribution in [0.4, 0.5) is 0 Å². The van der Waals surface area contributed by atoms with Crippen molar-refractivity contribution in [3.8, 4) is 0 Å². The van der Waals surface area contributed by atoms with E-state index in [9.17, 15) is 0 Å². The Morgan fingerprint density at radius 2 is 1.33 bits per heavy atom. The van der Waals surface area contributed by atoms with Crippen LogP contribution in [0, 0.1) is 0 Å². The predicted molar refractivity (Wildman–Crippen MR) is 75.8 cm³/mol. The summed E-state index contributed by atoms with van der Waals surface area (Å²) < 4.78 is 5.51. The second kappa shape index (κ2) is 6.97. The molecule has 0 unspecified atom stereocenters. The Labute approximate surface area is 109 Å². The first-order chi connectivity index (χ1) is 8.92. The second-order valence-electron chi connectivity index (χ2n) is 4.36. The Bertz CT molecular complexity index is 396.